The van der Waals surface area contributed by atoms with Crippen LogP contribution in [0, 0.1) is 0 Å². The van der Waals surface area contributed by atoms with E-state index in [-0.39, 0.29) is 12.0 Å². The minimum atomic E-state index is -0.434. The quantitative estimate of drug-likeness (QED) is 0.763. The van der Waals surface area contributed by atoms with Crippen LogP contribution in [-0.4, -0.2) is 29.3 Å². The maximum atomic E-state index is 12.4. The van der Waals surface area contributed by atoms with Gasteiger partial charge in [-0.15, -0.1) is 5.10 Å². The summed E-state index contributed by atoms with van der Waals surface area (Å²) in [6.07, 6.45) is 8.00. The lowest BCUT2D eigenvalue weighted by Gasteiger charge is -2.05. The molecule has 0 radical (unpaired) electrons. The van der Waals surface area contributed by atoms with E-state index in [2.05, 4.69) is 9.97 Å². The fourth-order valence-electron chi connectivity index (χ4n) is 3.41. The Morgan fingerprint density at radius 3 is 2.77 bits per heavy atom. The van der Waals surface area contributed by atoms with E-state index in [1.807, 2.05) is 18.2 Å². The van der Waals surface area contributed by atoms with Crippen molar-refractivity contribution in [2.45, 2.75) is 38.0 Å². The lowest BCUT2D eigenvalue weighted by Crippen LogP contribution is -2.34. The number of H-pyrrole nitrogens is 1. The van der Waals surface area contributed by atoms with Crippen molar-refractivity contribution in [2.24, 2.45) is 7.05 Å². The molecule has 0 spiro atoms. The first-order chi connectivity index (χ1) is 12.6. The molecule has 3 aromatic rings. The molecule has 3 heterocycles. The summed E-state index contributed by atoms with van der Waals surface area (Å²) in [6.45, 7) is 0. The number of nitrogens with zero attached hydrogens (tertiary/aromatic N) is 5. The van der Waals surface area contributed by atoms with Crippen molar-refractivity contribution >= 4 is 0 Å². The van der Waals surface area contributed by atoms with E-state index >= 15 is 0 Å². The number of rotatable bonds is 4. The monoisotopic (exact) mass is 352 g/mol. The van der Waals surface area contributed by atoms with E-state index in [1.165, 1.54) is 26.1 Å². The standard InChI is InChI=1S/C18H20N6O2/c1-23-17(25)13(11-20-18(23)26)10-15-21-16(12-6-2-3-7-12)22-24(15)14-8-4-5-9-19-14/h4-5,8-9,11-12H,2-3,6-7,10H2,1H3,(H,20,26). The van der Waals surface area contributed by atoms with E-state index < -0.39 is 5.69 Å². The minimum Gasteiger partial charge on any atom is -0.314 e. The molecule has 1 aliphatic rings. The molecule has 8 nitrogen and oxygen atoms in total. The Morgan fingerprint density at radius 2 is 2.04 bits per heavy atom. The highest BCUT2D eigenvalue weighted by atomic mass is 16.2. The van der Waals surface area contributed by atoms with Crippen LogP contribution in [0.15, 0.2) is 40.2 Å². The number of pyridine rings is 1. The summed E-state index contributed by atoms with van der Waals surface area (Å²) < 4.78 is 2.77. The molecule has 1 N–H and O–H groups in total. The van der Waals surface area contributed by atoms with E-state index in [4.69, 9.17) is 10.1 Å². The number of hydrogen-bond donors (Lipinski definition) is 1. The summed E-state index contributed by atoms with van der Waals surface area (Å²) in [5, 5.41) is 4.69. The van der Waals surface area contributed by atoms with Gasteiger partial charge in [0.2, 0.25) is 0 Å². The molecule has 0 atom stereocenters. The molecule has 0 aliphatic heterocycles. The summed E-state index contributed by atoms with van der Waals surface area (Å²) in [5.41, 5.74) is -0.294. The van der Waals surface area contributed by atoms with Crippen molar-refractivity contribution in [3.8, 4) is 5.82 Å². The third kappa shape index (κ3) is 2.98. The molecule has 4 rings (SSSR count). The highest BCUT2D eigenvalue weighted by Crippen LogP contribution is 2.32. The Hall–Kier alpha value is -3.03. The van der Waals surface area contributed by atoms with Crippen molar-refractivity contribution < 1.29 is 0 Å². The maximum absolute atomic E-state index is 12.4. The van der Waals surface area contributed by atoms with Crippen LogP contribution in [-0.2, 0) is 13.5 Å². The Kier molecular flexibility index (Phi) is 4.24. The van der Waals surface area contributed by atoms with E-state index in [9.17, 15) is 9.59 Å². The van der Waals surface area contributed by atoms with E-state index in [0.29, 0.717) is 23.1 Å². The number of nitrogens with one attached hydrogen (secondary N) is 1. The normalized spacial score (nSPS) is 14.8. The average Bonchev–Trinajstić information content (AvgIpc) is 3.33. The van der Waals surface area contributed by atoms with Gasteiger partial charge < -0.3 is 4.98 Å². The molecule has 1 saturated carbocycles. The van der Waals surface area contributed by atoms with Gasteiger partial charge in [0.1, 0.15) is 5.82 Å². The molecule has 1 aliphatic carbocycles. The lowest BCUT2D eigenvalue weighted by molar-refractivity contribution is 0.660. The van der Waals surface area contributed by atoms with Gasteiger partial charge in [0.25, 0.3) is 5.56 Å². The molecular formula is C18H20N6O2. The third-order valence-electron chi connectivity index (χ3n) is 4.88. The second kappa shape index (κ2) is 6.70. The molecule has 0 saturated heterocycles. The molecule has 0 amide bonds. The zero-order valence-corrected chi connectivity index (χ0v) is 14.6. The van der Waals surface area contributed by atoms with Crippen molar-refractivity contribution in [3.63, 3.8) is 0 Å². The van der Waals surface area contributed by atoms with Crippen LogP contribution in [0.2, 0.25) is 0 Å². The zero-order valence-electron chi connectivity index (χ0n) is 14.6. The van der Waals surface area contributed by atoms with Gasteiger partial charge in [-0.3, -0.25) is 9.36 Å². The van der Waals surface area contributed by atoms with Gasteiger partial charge in [-0.2, -0.15) is 4.68 Å². The first-order valence-corrected chi connectivity index (χ1v) is 8.78. The predicted molar refractivity (Wildman–Crippen MR) is 95.5 cm³/mol. The van der Waals surface area contributed by atoms with Crippen molar-refractivity contribution in [1.29, 1.82) is 0 Å². The van der Waals surface area contributed by atoms with Gasteiger partial charge in [0.15, 0.2) is 11.6 Å². The summed E-state index contributed by atoms with van der Waals surface area (Å²) in [5.74, 6) is 2.48. The fraction of sp³-hybridized carbons (Fsp3) is 0.389. The van der Waals surface area contributed by atoms with E-state index in [1.54, 1.807) is 10.9 Å². The molecule has 134 valence electrons. The van der Waals surface area contributed by atoms with Gasteiger partial charge in [-0.25, -0.2) is 14.8 Å². The molecule has 0 bridgehead atoms. The zero-order chi connectivity index (χ0) is 18.1. The van der Waals surface area contributed by atoms with E-state index in [0.717, 1.165) is 23.2 Å². The lowest BCUT2D eigenvalue weighted by atomic mass is 10.1. The van der Waals surface area contributed by atoms with Crippen molar-refractivity contribution in [1.82, 2.24) is 29.3 Å². The van der Waals surface area contributed by atoms with Crippen LogP contribution in [0.1, 0.15) is 48.8 Å². The van der Waals surface area contributed by atoms with Crippen LogP contribution < -0.4 is 11.2 Å². The third-order valence-corrected chi connectivity index (χ3v) is 4.88. The second-order valence-electron chi connectivity index (χ2n) is 6.63. The average molecular weight is 352 g/mol. The Balaban J connectivity index is 1.78. The predicted octanol–water partition coefficient (Wildman–Crippen LogP) is 1.30. The Morgan fingerprint density at radius 1 is 1.23 bits per heavy atom. The van der Waals surface area contributed by atoms with Gasteiger partial charge in [-0.1, -0.05) is 18.9 Å². The van der Waals surface area contributed by atoms with Crippen molar-refractivity contribution in [2.75, 3.05) is 0 Å². The SMILES string of the molecule is Cn1c(=O)[nH]cc(Cc2nc(C3CCCC3)nn2-c2ccccn2)c1=O. The summed E-state index contributed by atoms with van der Waals surface area (Å²) in [4.78, 5) is 35.6. The van der Waals surface area contributed by atoms with Gasteiger partial charge in [-0.05, 0) is 25.0 Å². The topological polar surface area (TPSA) is 98.5 Å². The number of aromatic nitrogens is 6. The molecule has 1 fully saturated rings. The number of aromatic amines is 1. The fourth-order valence-corrected chi connectivity index (χ4v) is 3.41. The van der Waals surface area contributed by atoms with Gasteiger partial charge in [0, 0.05) is 37.3 Å². The van der Waals surface area contributed by atoms with Crippen LogP contribution in [0.4, 0.5) is 0 Å². The highest BCUT2D eigenvalue weighted by molar-refractivity contribution is 5.25. The summed E-state index contributed by atoms with van der Waals surface area (Å²) >= 11 is 0. The van der Waals surface area contributed by atoms with Crippen LogP contribution >= 0.6 is 0 Å². The maximum Gasteiger partial charge on any atom is 0.328 e. The van der Waals surface area contributed by atoms with Crippen molar-refractivity contribution in [3.05, 3.63) is 68.6 Å². The van der Waals surface area contributed by atoms with Gasteiger partial charge in [0.05, 0.1) is 0 Å². The Labute approximate surface area is 149 Å². The molecule has 0 aromatic carbocycles. The first-order valence-electron chi connectivity index (χ1n) is 8.78. The van der Waals surface area contributed by atoms with Crippen LogP contribution in [0.3, 0.4) is 0 Å². The minimum absolute atomic E-state index is 0.278. The molecule has 0 unspecified atom stereocenters. The largest absolute Gasteiger partial charge is 0.328 e. The molecule has 3 aromatic heterocycles. The van der Waals surface area contributed by atoms with Crippen LogP contribution in [0.5, 0.6) is 0 Å². The van der Waals surface area contributed by atoms with Gasteiger partial charge >= 0.3 is 5.69 Å². The van der Waals surface area contributed by atoms with Crippen LogP contribution in [0.25, 0.3) is 5.82 Å². The summed E-state index contributed by atoms with van der Waals surface area (Å²) in [7, 11) is 1.46. The summed E-state index contributed by atoms with van der Waals surface area (Å²) in [6, 6.07) is 5.60. The Bertz CT molecular complexity index is 1030. The molecule has 26 heavy (non-hydrogen) atoms. The smallest absolute Gasteiger partial charge is 0.314 e. The number of hydrogen-bond acceptors (Lipinski definition) is 5. The molecule has 8 heteroatoms. The molecular weight excluding hydrogens is 332 g/mol. The first kappa shape index (κ1) is 16.4. The highest BCUT2D eigenvalue weighted by Gasteiger charge is 2.24. The second-order valence-corrected chi connectivity index (χ2v) is 6.63.